The average molecular weight is 427 g/mol. The van der Waals surface area contributed by atoms with E-state index >= 15 is 0 Å². The predicted octanol–water partition coefficient (Wildman–Crippen LogP) is 3.30. The maximum absolute atomic E-state index is 13.1. The van der Waals surface area contributed by atoms with Crippen molar-refractivity contribution < 1.29 is 9.18 Å². The van der Waals surface area contributed by atoms with Crippen molar-refractivity contribution in [2.75, 3.05) is 31.1 Å². The van der Waals surface area contributed by atoms with Gasteiger partial charge in [-0.05, 0) is 55.5 Å². The molecule has 30 heavy (non-hydrogen) atoms. The third-order valence-corrected chi connectivity index (χ3v) is 5.39. The molecule has 0 spiro atoms. The van der Waals surface area contributed by atoms with Gasteiger partial charge in [0.1, 0.15) is 5.82 Å². The minimum absolute atomic E-state index is 0.106. The molecule has 1 saturated heterocycles. The summed E-state index contributed by atoms with van der Waals surface area (Å²) in [7, 11) is 0. The number of nitrogens with zero attached hydrogens (tertiary/aromatic N) is 4. The summed E-state index contributed by atoms with van der Waals surface area (Å²) in [5.74, 6) is -0.670. The van der Waals surface area contributed by atoms with Crippen LogP contribution >= 0.6 is 11.6 Å². The number of carbonyl (C=O) groups excluding carboxylic acids is 1. The molecule has 0 N–H and O–H groups in total. The maximum Gasteiger partial charge on any atom is 0.278 e. The first kappa shape index (κ1) is 20.1. The number of aromatic nitrogens is 2. The van der Waals surface area contributed by atoms with Crippen molar-refractivity contribution in [1.82, 2.24) is 14.7 Å². The summed E-state index contributed by atoms with van der Waals surface area (Å²) in [4.78, 5) is 29.2. The molecule has 1 amide bonds. The van der Waals surface area contributed by atoms with Crippen LogP contribution in [0.5, 0.6) is 0 Å². The normalized spacial score (nSPS) is 14.1. The van der Waals surface area contributed by atoms with Gasteiger partial charge in [-0.1, -0.05) is 11.6 Å². The first-order valence-electron chi connectivity index (χ1n) is 9.59. The number of benzene rings is 2. The molecule has 1 fully saturated rings. The number of aryl methyl sites for hydroxylation is 1. The van der Waals surface area contributed by atoms with Gasteiger partial charge >= 0.3 is 0 Å². The van der Waals surface area contributed by atoms with Crippen LogP contribution in [0.15, 0.2) is 59.4 Å². The molecule has 1 aliphatic rings. The number of amides is 1. The van der Waals surface area contributed by atoms with E-state index in [0.29, 0.717) is 42.6 Å². The quantitative estimate of drug-likeness (QED) is 0.644. The number of anilines is 1. The first-order valence-corrected chi connectivity index (χ1v) is 9.97. The summed E-state index contributed by atoms with van der Waals surface area (Å²) >= 11 is 5.95. The van der Waals surface area contributed by atoms with Crippen molar-refractivity contribution in [3.05, 3.63) is 87.0 Å². The van der Waals surface area contributed by atoms with Crippen LogP contribution in [0.25, 0.3) is 5.69 Å². The van der Waals surface area contributed by atoms with Gasteiger partial charge in [0.2, 0.25) is 5.43 Å². The highest BCUT2D eigenvalue weighted by Gasteiger charge is 2.26. The van der Waals surface area contributed by atoms with Gasteiger partial charge in [0.05, 0.1) is 5.69 Å². The Labute approximate surface area is 178 Å². The van der Waals surface area contributed by atoms with Crippen molar-refractivity contribution in [2.24, 2.45) is 0 Å². The van der Waals surface area contributed by atoms with Crippen LogP contribution in [0.4, 0.5) is 10.1 Å². The smallest absolute Gasteiger partial charge is 0.278 e. The number of halogens is 2. The Kier molecular flexibility index (Phi) is 5.55. The number of carbonyl (C=O) groups is 1. The van der Waals surface area contributed by atoms with E-state index < -0.39 is 5.43 Å². The lowest BCUT2D eigenvalue weighted by Crippen LogP contribution is -2.50. The zero-order chi connectivity index (χ0) is 21.3. The molecule has 6 nitrogen and oxygen atoms in total. The maximum atomic E-state index is 13.1. The zero-order valence-electron chi connectivity index (χ0n) is 16.4. The zero-order valence-corrected chi connectivity index (χ0v) is 17.1. The lowest BCUT2D eigenvalue weighted by atomic mass is 10.2. The number of hydrogen-bond acceptors (Lipinski definition) is 4. The topological polar surface area (TPSA) is 58.4 Å². The molecule has 2 aromatic carbocycles. The molecular weight excluding hydrogens is 407 g/mol. The molecule has 0 atom stereocenters. The van der Waals surface area contributed by atoms with Crippen LogP contribution < -0.4 is 10.3 Å². The Morgan fingerprint density at radius 3 is 2.20 bits per heavy atom. The van der Waals surface area contributed by atoms with Gasteiger partial charge in [0.15, 0.2) is 5.69 Å². The van der Waals surface area contributed by atoms with Gasteiger partial charge in [0.25, 0.3) is 5.91 Å². The Hall–Kier alpha value is -3.19. The molecule has 0 saturated carbocycles. The van der Waals surface area contributed by atoms with Gasteiger partial charge in [-0.2, -0.15) is 5.10 Å². The van der Waals surface area contributed by atoms with Gasteiger partial charge in [-0.15, -0.1) is 0 Å². The molecule has 154 valence electrons. The van der Waals surface area contributed by atoms with Crippen LogP contribution in [0, 0.1) is 12.7 Å². The van der Waals surface area contributed by atoms with Gasteiger partial charge < -0.3 is 9.80 Å². The minimum atomic E-state index is -0.399. The summed E-state index contributed by atoms with van der Waals surface area (Å²) in [6.07, 6.45) is 0. The lowest BCUT2D eigenvalue weighted by Gasteiger charge is -2.35. The number of hydrogen-bond donors (Lipinski definition) is 0. The van der Waals surface area contributed by atoms with E-state index in [1.54, 1.807) is 52.9 Å². The molecule has 1 aliphatic heterocycles. The molecule has 0 radical (unpaired) electrons. The van der Waals surface area contributed by atoms with Crippen LogP contribution in [-0.4, -0.2) is 46.8 Å². The fourth-order valence-corrected chi connectivity index (χ4v) is 3.63. The molecule has 2 heterocycles. The van der Waals surface area contributed by atoms with E-state index in [2.05, 4.69) is 10.00 Å². The van der Waals surface area contributed by atoms with E-state index in [9.17, 15) is 14.0 Å². The van der Waals surface area contributed by atoms with Crippen molar-refractivity contribution in [3.63, 3.8) is 0 Å². The summed E-state index contributed by atoms with van der Waals surface area (Å²) in [5, 5.41) is 4.94. The third-order valence-electron chi connectivity index (χ3n) is 5.14. The van der Waals surface area contributed by atoms with Gasteiger partial charge in [-0.25, -0.2) is 9.07 Å². The van der Waals surface area contributed by atoms with E-state index in [1.165, 1.54) is 18.2 Å². The van der Waals surface area contributed by atoms with Gasteiger partial charge in [0, 0.05) is 48.6 Å². The molecule has 8 heteroatoms. The van der Waals surface area contributed by atoms with Gasteiger partial charge in [-0.3, -0.25) is 9.59 Å². The monoisotopic (exact) mass is 426 g/mol. The Bertz CT molecular complexity index is 1120. The number of piperazine rings is 1. The predicted molar refractivity (Wildman–Crippen MR) is 114 cm³/mol. The molecular formula is C22H20ClFN4O2. The molecule has 4 rings (SSSR count). The van der Waals surface area contributed by atoms with E-state index in [-0.39, 0.29) is 17.4 Å². The number of rotatable bonds is 3. The van der Waals surface area contributed by atoms with E-state index in [4.69, 9.17) is 11.6 Å². The van der Waals surface area contributed by atoms with Crippen molar-refractivity contribution >= 4 is 23.2 Å². The Morgan fingerprint density at radius 2 is 1.57 bits per heavy atom. The van der Waals surface area contributed by atoms with E-state index in [1.807, 2.05) is 0 Å². The summed E-state index contributed by atoms with van der Waals surface area (Å²) < 4.78 is 14.7. The molecule has 1 aromatic heterocycles. The highest BCUT2D eigenvalue weighted by Crippen LogP contribution is 2.18. The molecule has 0 bridgehead atoms. The van der Waals surface area contributed by atoms with Crippen LogP contribution in [0.1, 0.15) is 16.2 Å². The second-order valence-electron chi connectivity index (χ2n) is 7.14. The first-order chi connectivity index (χ1) is 14.4. The Morgan fingerprint density at radius 1 is 0.967 bits per heavy atom. The highest BCUT2D eigenvalue weighted by molar-refractivity contribution is 6.30. The van der Waals surface area contributed by atoms with Crippen LogP contribution in [-0.2, 0) is 0 Å². The second kappa shape index (κ2) is 8.28. The molecule has 0 aliphatic carbocycles. The third kappa shape index (κ3) is 4.07. The average Bonchev–Trinajstić information content (AvgIpc) is 2.75. The Balaban J connectivity index is 1.53. The summed E-state index contributed by atoms with van der Waals surface area (Å²) in [5.41, 5.74) is 1.74. The second-order valence-corrected chi connectivity index (χ2v) is 7.58. The SMILES string of the molecule is Cc1cc(=O)c(C(=O)N2CCN(c3ccc(F)cc3)CC2)nn1-c1ccc(Cl)cc1. The minimum Gasteiger partial charge on any atom is -0.368 e. The molecule has 3 aromatic rings. The largest absolute Gasteiger partial charge is 0.368 e. The fourth-order valence-electron chi connectivity index (χ4n) is 3.51. The standard InChI is InChI=1S/C22H20ClFN4O2/c1-15-14-20(29)21(25-28(15)19-6-2-16(23)3-7-19)22(30)27-12-10-26(11-13-27)18-8-4-17(24)5-9-18/h2-9,14H,10-13H2,1H3. The van der Waals surface area contributed by atoms with Crippen molar-refractivity contribution in [1.29, 1.82) is 0 Å². The van der Waals surface area contributed by atoms with Crippen LogP contribution in [0.2, 0.25) is 5.02 Å². The van der Waals surface area contributed by atoms with Crippen molar-refractivity contribution in [2.45, 2.75) is 6.92 Å². The van der Waals surface area contributed by atoms with Crippen LogP contribution in [0.3, 0.4) is 0 Å². The summed E-state index contributed by atoms with van der Waals surface area (Å²) in [6.45, 7) is 3.85. The lowest BCUT2D eigenvalue weighted by molar-refractivity contribution is 0.0737. The highest BCUT2D eigenvalue weighted by atomic mass is 35.5. The van der Waals surface area contributed by atoms with Crippen molar-refractivity contribution in [3.8, 4) is 5.69 Å². The fraction of sp³-hybridized carbons (Fsp3) is 0.227. The molecule has 0 unspecified atom stereocenters. The van der Waals surface area contributed by atoms with E-state index in [0.717, 1.165) is 5.69 Å². The summed E-state index contributed by atoms with van der Waals surface area (Å²) in [6, 6.07) is 14.7.